The van der Waals surface area contributed by atoms with Crippen LogP contribution in [0.15, 0.2) is 42.2 Å². The number of allylic oxidation sites excluding steroid dienone is 2. The van der Waals surface area contributed by atoms with Gasteiger partial charge in [-0.15, -0.1) is 6.58 Å². The van der Waals surface area contributed by atoms with Crippen molar-refractivity contribution in [3.05, 3.63) is 37.2 Å². The van der Waals surface area contributed by atoms with Gasteiger partial charge >= 0.3 is 0 Å². The normalized spacial score (nSPS) is 12.1. The van der Waals surface area contributed by atoms with Crippen LogP contribution in [0, 0.1) is 0 Å². The van der Waals surface area contributed by atoms with Crippen LogP contribution in [0.1, 0.15) is 38.5 Å². The van der Waals surface area contributed by atoms with Gasteiger partial charge in [0, 0.05) is 19.0 Å². The number of hydrogen-bond donors (Lipinski definition) is 3. The maximum Gasteiger partial charge on any atom is 0.173 e. The average Bonchev–Trinajstić information content (AvgIpc) is 2.38. The highest BCUT2D eigenvalue weighted by Gasteiger charge is 1.97. The Kier molecular flexibility index (Phi) is 12.1. The summed E-state index contributed by atoms with van der Waals surface area (Å²) in [6, 6.07) is 0. The lowest BCUT2D eigenvalue weighted by Crippen LogP contribution is -2.18. The third kappa shape index (κ3) is 12.9. The monoisotopic (exact) mass is 266 g/mol. The van der Waals surface area contributed by atoms with Crippen LogP contribution in [-0.4, -0.2) is 29.3 Å². The predicted molar refractivity (Wildman–Crippen MR) is 80.9 cm³/mol. The first-order valence-electron chi connectivity index (χ1n) is 6.77. The van der Waals surface area contributed by atoms with Crippen molar-refractivity contribution in [3.8, 4) is 0 Å². The Morgan fingerprint density at radius 1 is 1.11 bits per heavy atom. The molecule has 0 radical (unpaired) electrons. The quantitative estimate of drug-likeness (QED) is 0.220. The Hall–Kier alpha value is -1.39. The van der Waals surface area contributed by atoms with E-state index in [9.17, 15) is 0 Å². The molecule has 3 N–H and O–H groups in total. The molecule has 0 aliphatic rings. The molecule has 0 spiro atoms. The summed E-state index contributed by atoms with van der Waals surface area (Å²) in [6.07, 6.45) is 11.7. The highest BCUT2D eigenvalue weighted by molar-refractivity contribution is 5.78. The molecule has 19 heavy (non-hydrogen) atoms. The van der Waals surface area contributed by atoms with Gasteiger partial charge in [0.05, 0.1) is 5.70 Å². The minimum Gasteiger partial charge on any atom is -0.384 e. The van der Waals surface area contributed by atoms with Crippen molar-refractivity contribution in [1.29, 1.82) is 0 Å². The summed E-state index contributed by atoms with van der Waals surface area (Å²) in [7, 11) is 0. The third-order valence-electron chi connectivity index (χ3n) is 2.56. The highest BCUT2D eigenvalue weighted by atomic mass is 16.5. The number of aliphatic hydroxyl groups is 2. The van der Waals surface area contributed by atoms with Crippen molar-refractivity contribution in [2.45, 2.75) is 44.8 Å². The smallest absolute Gasteiger partial charge is 0.173 e. The molecule has 4 nitrogen and oxygen atoms in total. The highest BCUT2D eigenvalue weighted by Crippen LogP contribution is 2.05. The fraction of sp³-hybridized carbons (Fsp3) is 0.533. The molecule has 0 aromatic rings. The van der Waals surface area contributed by atoms with Gasteiger partial charge in [0.1, 0.15) is 0 Å². The molecule has 0 aliphatic heterocycles. The van der Waals surface area contributed by atoms with E-state index in [1.54, 1.807) is 0 Å². The summed E-state index contributed by atoms with van der Waals surface area (Å²) in [4.78, 5) is 3.85. The van der Waals surface area contributed by atoms with Crippen molar-refractivity contribution >= 4 is 6.21 Å². The topological polar surface area (TPSA) is 64.9 Å². The molecule has 4 heteroatoms. The number of nitrogens with zero attached hydrogens (tertiary/aromatic N) is 1. The second-order valence-electron chi connectivity index (χ2n) is 4.27. The standard InChI is InChI=1S/C15H26N2O2/c1-3-5-6-7-8-9-10-11-17-14(12-15(18)19)13-16-4-2/h3-4,12-13,15,17-19H,1-2,5-11H2/b14-12-,16-13?. The number of aliphatic hydroxyl groups excluding tert-OH is 1. The van der Waals surface area contributed by atoms with Crippen LogP contribution in [0.25, 0.3) is 0 Å². The van der Waals surface area contributed by atoms with Gasteiger partial charge in [0.25, 0.3) is 0 Å². The first kappa shape index (κ1) is 17.6. The lowest BCUT2D eigenvalue weighted by Gasteiger charge is -2.07. The van der Waals surface area contributed by atoms with Crippen LogP contribution in [0.3, 0.4) is 0 Å². The van der Waals surface area contributed by atoms with Gasteiger partial charge in [-0.05, 0) is 25.3 Å². The van der Waals surface area contributed by atoms with Crippen LogP contribution < -0.4 is 5.32 Å². The molecule has 0 saturated heterocycles. The Bertz CT molecular complexity index is 297. The fourth-order valence-electron chi connectivity index (χ4n) is 1.62. The van der Waals surface area contributed by atoms with E-state index in [0.29, 0.717) is 5.70 Å². The lowest BCUT2D eigenvalue weighted by atomic mass is 10.1. The van der Waals surface area contributed by atoms with E-state index in [0.717, 1.165) is 25.8 Å². The van der Waals surface area contributed by atoms with E-state index >= 15 is 0 Å². The summed E-state index contributed by atoms with van der Waals surface area (Å²) in [5.41, 5.74) is 0.599. The van der Waals surface area contributed by atoms with E-state index in [-0.39, 0.29) is 0 Å². The fourth-order valence-corrected chi connectivity index (χ4v) is 1.62. The molecule has 0 heterocycles. The zero-order valence-electron chi connectivity index (χ0n) is 11.6. The van der Waals surface area contributed by atoms with Crippen LogP contribution in [0.2, 0.25) is 0 Å². The van der Waals surface area contributed by atoms with Crippen LogP contribution in [0.4, 0.5) is 0 Å². The summed E-state index contributed by atoms with van der Waals surface area (Å²) in [6.45, 7) is 7.97. The molecule has 0 fully saturated rings. The molecule has 0 saturated carbocycles. The number of aliphatic imine (C=N–C) groups is 1. The Morgan fingerprint density at radius 2 is 1.79 bits per heavy atom. The third-order valence-corrected chi connectivity index (χ3v) is 2.56. The number of rotatable bonds is 12. The summed E-state index contributed by atoms with van der Waals surface area (Å²) in [5.74, 6) is 0. The molecular formula is C15H26N2O2. The van der Waals surface area contributed by atoms with Gasteiger partial charge < -0.3 is 15.5 Å². The van der Waals surface area contributed by atoms with Crippen LogP contribution >= 0.6 is 0 Å². The minimum absolute atomic E-state index is 0.599. The first-order chi connectivity index (χ1) is 9.20. The van der Waals surface area contributed by atoms with Crippen molar-refractivity contribution < 1.29 is 10.2 Å². The zero-order valence-corrected chi connectivity index (χ0v) is 11.6. The van der Waals surface area contributed by atoms with E-state index < -0.39 is 6.29 Å². The largest absolute Gasteiger partial charge is 0.384 e. The van der Waals surface area contributed by atoms with E-state index in [2.05, 4.69) is 23.5 Å². The van der Waals surface area contributed by atoms with Crippen molar-refractivity contribution in [2.24, 2.45) is 4.99 Å². The molecule has 0 aromatic carbocycles. The number of unbranched alkanes of at least 4 members (excludes halogenated alkanes) is 5. The number of nitrogens with one attached hydrogen (secondary N) is 1. The second kappa shape index (κ2) is 13.1. The second-order valence-corrected chi connectivity index (χ2v) is 4.27. The minimum atomic E-state index is -1.47. The summed E-state index contributed by atoms with van der Waals surface area (Å²) < 4.78 is 0. The molecule has 0 bridgehead atoms. The molecule has 0 unspecified atom stereocenters. The van der Waals surface area contributed by atoms with E-state index in [1.165, 1.54) is 37.8 Å². The van der Waals surface area contributed by atoms with Gasteiger partial charge in [-0.2, -0.15) is 0 Å². The molecule has 0 aliphatic carbocycles. The van der Waals surface area contributed by atoms with Gasteiger partial charge in [-0.1, -0.05) is 31.9 Å². The molecule has 0 atom stereocenters. The molecular weight excluding hydrogens is 240 g/mol. The van der Waals surface area contributed by atoms with Crippen LogP contribution in [-0.2, 0) is 0 Å². The van der Waals surface area contributed by atoms with Crippen molar-refractivity contribution in [3.63, 3.8) is 0 Å². The molecule has 0 aromatic heterocycles. The summed E-state index contributed by atoms with van der Waals surface area (Å²) >= 11 is 0. The molecule has 0 rings (SSSR count). The summed E-state index contributed by atoms with van der Waals surface area (Å²) in [5, 5.41) is 20.9. The average molecular weight is 266 g/mol. The van der Waals surface area contributed by atoms with E-state index in [4.69, 9.17) is 10.2 Å². The SMILES string of the molecule is C=CCCCCCCCN/C(C=NC=C)=C\C(O)O. The zero-order chi connectivity index (χ0) is 14.3. The van der Waals surface area contributed by atoms with Gasteiger partial charge in [-0.3, -0.25) is 4.99 Å². The Morgan fingerprint density at radius 3 is 2.42 bits per heavy atom. The number of hydrogen-bond acceptors (Lipinski definition) is 4. The van der Waals surface area contributed by atoms with Gasteiger partial charge in [-0.25, -0.2) is 0 Å². The van der Waals surface area contributed by atoms with Gasteiger partial charge in [0.15, 0.2) is 6.29 Å². The molecule has 0 amide bonds. The molecule has 108 valence electrons. The van der Waals surface area contributed by atoms with Crippen molar-refractivity contribution in [1.82, 2.24) is 5.32 Å². The van der Waals surface area contributed by atoms with Crippen molar-refractivity contribution in [2.75, 3.05) is 6.54 Å². The Labute approximate surface area is 116 Å². The maximum atomic E-state index is 8.89. The maximum absolute atomic E-state index is 8.89. The van der Waals surface area contributed by atoms with Crippen LogP contribution in [0.5, 0.6) is 0 Å². The predicted octanol–water partition coefficient (Wildman–Crippen LogP) is 2.51. The first-order valence-corrected chi connectivity index (χ1v) is 6.77. The van der Waals surface area contributed by atoms with Gasteiger partial charge in [0.2, 0.25) is 0 Å². The lowest BCUT2D eigenvalue weighted by molar-refractivity contribution is 0.00178. The Balaban J connectivity index is 3.72. The van der Waals surface area contributed by atoms with E-state index in [1.807, 2.05) is 6.08 Å².